The van der Waals surface area contributed by atoms with E-state index in [1.54, 1.807) is 19.1 Å². The molecule has 1 atom stereocenters. The van der Waals surface area contributed by atoms with Gasteiger partial charge in [-0.1, -0.05) is 12.1 Å². The van der Waals surface area contributed by atoms with Crippen molar-refractivity contribution in [1.82, 2.24) is 0 Å². The van der Waals surface area contributed by atoms with Crippen molar-refractivity contribution in [3.63, 3.8) is 0 Å². The third-order valence-corrected chi connectivity index (χ3v) is 2.02. The van der Waals surface area contributed by atoms with Crippen molar-refractivity contribution < 1.29 is 19.7 Å². The van der Waals surface area contributed by atoms with E-state index in [2.05, 4.69) is 5.73 Å². The summed E-state index contributed by atoms with van der Waals surface area (Å²) in [6.45, 7) is 2.11. The lowest BCUT2D eigenvalue weighted by Crippen LogP contribution is -2.66. The second-order valence-electron chi connectivity index (χ2n) is 3.28. The fraction of sp³-hybridized carbons (Fsp3) is 0.364. The summed E-state index contributed by atoms with van der Waals surface area (Å²) >= 11 is 0. The Kier molecular flexibility index (Phi) is 4.24. The highest BCUT2D eigenvalue weighted by Gasteiger charge is 2.18. The maximum Gasteiger partial charge on any atom is 0.365 e. The third-order valence-electron chi connectivity index (χ3n) is 2.02. The lowest BCUT2D eigenvalue weighted by Gasteiger charge is -2.07. The van der Waals surface area contributed by atoms with Crippen LogP contribution < -0.4 is 5.73 Å². The molecule has 4 heteroatoms. The molecule has 3 N–H and O–H groups in total. The molecule has 1 aromatic carbocycles. The zero-order chi connectivity index (χ0) is 11.3. The van der Waals surface area contributed by atoms with Gasteiger partial charge in [0.2, 0.25) is 0 Å². The summed E-state index contributed by atoms with van der Waals surface area (Å²) in [6.07, 6.45) is 0.471. The monoisotopic (exact) mass is 212 g/mol. The Morgan fingerprint density at radius 3 is 2.60 bits per heavy atom. The molecule has 0 bridgehead atoms. The average molecular weight is 212 g/mol. The van der Waals surface area contributed by atoms with E-state index in [1.807, 2.05) is 0 Å². The normalized spacial score (nSPS) is 12.2. The summed E-state index contributed by atoms with van der Waals surface area (Å²) in [5, 5.41) is 0. The van der Waals surface area contributed by atoms with Crippen molar-refractivity contribution in [2.24, 2.45) is 0 Å². The van der Waals surface area contributed by atoms with Crippen molar-refractivity contribution in [3.05, 3.63) is 35.6 Å². The van der Waals surface area contributed by atoms with Gasteiger partial charge in [-0.25, -0.2) is 9.18 Å². The smallest absolute Gasteiger partial charge is 0.365 e. The van der Waals surface area contributed by atoms with Crippen LogP contribution in [-0.2, 0) is 16.0 Å². The molecule has 0 saturated carbocycles. The molecule has 0 spiro atoms. The maximum atomic E-state index is 12.6. The van der Waals surface area contributed by atoms with Crippen LogP contribution in [0.3, 0.4) is 0 Å². The van der Waals surface area contributed by atoms with Gasteiger partial charge in [-0.15, -0.1) is 0 Å². The zero-order valence-electron chi connectivity index (χ0n) is 8.70. The van der Waals surface area contributed by atoms with E-state index in [1.165, 1.54) is 12.1 Å². The summed E-state index contributed by atoms with van der Waals surface area (Å²) in [5.41, 5.74) is 4.59. The van der Waals surface area contributed by atoms with Gasteiger partial charge in [0.15, 0.2) is 6.04 Å². The fourth-order valence-corrected chi connectivity index (χ4v) is 1.25. The Morgan fingerprint density at radius 1 is 1.47 bits per heavy atom. The number of hydrogen-bond acceptors (Lipinski definition) is 2. The van der Waals surface area contributed by atoms with Gasteiger partial charge in [0, 0.05) is 6.42 Å². The van der Waals surface area contributed by atoms with Crippen molar-refractivity contribution in [2.45, 2.75) is 19.4 Å². The van der Waals surface area contributed by atoms with Crippen LogP contribution in [0.4, 0.5) is 4.39 Å². The van der Waals surface area contributed by atoms with Gasteiger partial charge in [-0.05, 0) is 24.6 Å². The number of halogens is 1. The van der Waals surface area contributed by atoms with E-state index in [4.69, 9.17) is 4.74 Å². The predicted octanol–water partition coefficient (Wildman–Crippen LogP) is 0.542. The predicted molar refractivity (Wildman–Crippen MR) is 53.4 cm³/mol. The van der Waals surface area contributed by atoms with Gasteiger partial charge in [0.05, 0.1) is 6.61 Å². The van der Waals surface area contributed by atoms with Gasteiger partial charge in [0.25, 0.3) is 0 Å². The van der Waals surface area contributed by atoms with Gasteiger partial charge in [-0.3, -0.25) is 0 Å². The van der Waals surface area contributed by atoms with Crippen LogP contribution in [-0.4, -0.2) is 18.6 Å². The second-order valence-corrected chi connectivity index (χ2v) is 3.28. The highest BCUT2D eigenvalue weighted by atomic mass is 19.1. The first-order valence-corrected chi connectivity index (χ1v) is 4.87. The number of carbonyl (C=O) groups is 1. The highest BCUT2D eigenvalue weighted by molar-refractivity contribution is 5.74. The number of carbonyl (C=O) groups excluding carboxylic acids is 1. The Bertz CT molecular complexity index is 324. The molecule has 3 nitrogen and oxygen atoms in total. The quantitative estimate of drug-likeness (QED) is 0.741. The third kappa shape index (κ3) is 3.67. The minimum Gasteiger partial charge on any atom is -0.462 e. The van der Waals surface area contributed by atoms with E-state index < -0.39 is 6.04 Å². The molecule has 0 aliphatic heterocycles. The van der Waals surface area contributed by atoms with Crippen LogP contribution in [0.2, 0.25) is 0 Å². The molecule has 1 aromatic rings. The first kappa shape index (κ1) is 11.7. The van der Waals surface area contributed by atoms with Crippen LogP contribution in [0.15, 0.2) is 24.3 Å². The first-order chi connectivity index (χ1) is 7.13. The van der Waals surface area contributed by atoms with E-state index in [9.17, 15) is 9.18 Å². The molecule has 0 aromatic heterocycles. The lowest BCUT2D eigenvalue weighted by molar-refractivity contribution is -0.407. The average Bonchev–Trinajstić information content (AvgIpc) is 2.22. The van der Waals surface area contributed by atoms with Crippen molar-refractivity contribution in [3.8, 4) is 0 Å². The Morgan fingerprint density at radius 2 is 2.07 bits per heavy atom. The van der Waals surface area contributed by atoms with Crippen LogP contribution in [0.5, 0.6) is 0 Å². The number of hydrogen-bond donors (Lipinski definition) is 1. The first-order valence-electron chi connectivity index (χ1n) is 4.87. The fourth-order valence-electron chi connectivity index (χ4n) is 1.25. The number of benzene rings is 1. The topological polar surface area (TPSA) is 53.9 Å². The Hall–Kier alpha value is -1.42. The molecule has 0 heterocycles. The van der Waals surface area contributed by atoms with Gasteiger partial charge < -0.3 is 10.5 Å². The number of ether oxygens (including phenoxy) is 1. The van der Waals surface area contributed by atoms with Crippen molar-refractivity contribution in [2.75, 3.05) is 6.61 Å². The molecular formula is C11H15FNO2+. The molecule has 0 amide bonds. The molecule has 0 unspecified atom stereocenters. The van der Waals surface area contributed by atoms with Gasteiger partial charge >= 0.3 is 5.97 Å². The minimum atomic E-state index is -0.435. The summed E-state index contributed by atoms with van der Waals surface area (Å²) < 4.78 is 17.4. The van der Waals surface area contributed by atoms with E-state index in [0.29, 0.717) is 13.0 Å². The molecule has 82 valence electrons. The number of rotatable bonds is 4. The molecular weight excluding hydrogens is 197 g/mol. The molecule has 0 fully saturated rings. The maximum absolute atomic E-state index is 12.6. The van der Waals surface area contributed by atoms with Crippen LogP contribution >= 0.6 is 0 Å². The van der Waals surface area contributed by atoms with E-state index in [0.717, 1.165) is 5.56 Å². The van der Waals surface area contributed by atoms with Crippen molar-refractivity contribution in [1.29, 1.82) is 0 Å². The number of esters is 1. The molecule has 0 radical (unpaired) electrons. The number of quaternary nitrogens is 1. The molecule has 0 saturated heterocycles. The van der Waals surface area contributed by atoms with Gasteiger partial charge in [-0.2, -0.15) is 0 Å². The Balaban J connectivity index is 2.54. The molecule has 1 rings (SSSR count). The second kappa shape index (κ2) is 5.46. The van der Waals surface area contributed by atoms with Crippen LogP contribution in [0.1, 0.15) is 12.5 Å². The molecule has 0 aliphatic carbocycles. The van der Waals surface area contributed by atoms with Crippen LogP contribution in [0, 0.1) is 5.82 Å². The van der Waals surface area contributed by atoms with Gasteiger partial charge in [0.1, 0.15) is 5.82 Å². The SMILES string of the molecule is CCOC(=O)[C@@H]([NH3+])Cc1ccc(F)cc1. The Labute approximate surface area is 88.0 Å². The summed E-state index contributed by atoms with van der Waals surface area (Å²) in [5.74, 6) is -0.600. The largest absolute Gasteiger partial charge is 0.462 e. The molecule has 15 heavy (non-hydrogen) atoms. The van der Waals surface area contributed by atoms with E-state index >= 15 is 0 Å². The summed E-state index contributed by atoms with van der Waals surface area (Å²) in [4.78, 5) is 11.3. The van der Waals surface area contributed by atoms with Crippen molar-refractivity contribution >= 4 is 5.97 Å². The highest BCUT2D eigenvalue weighted by Crippen LogP contribution is 2.05. The molecule has 0 aliphatic rings. The minimum absolute atomic E-state index is 0.282. The van der Waals surface area contributed by atoms with Crippen LogP contribution in [0.25, 0.3) is 0 Å². The summed E-state index contributed by atoms with van der Waals surface area (Å²) in [6, 6.07) is 5.59. The zero-order valence-corrected chi connectivity index (χ0v) is 8.70. The lowest BCUT2D eigenvalue weighted by atomic mass is 10.1. The van der Waals surface area contributed by atoms with E-state index in [-0.39, 0.29) is 11.8 Å². The summed E-state index contributed by atoms with van der Waals surface area (Å²) in [7, 11) is 0. The standard InChI is InChI=1S/C11H14FNO2/c1-2-15-11(14)10(13)7-8-3-5-9(12)6-4-8/h3-6,10H,2,7,13H2,1H3/p+1/t10-/m0/s1.